The lowest BCUT2D eigenvalue weighted by Crippen LogP contribution is -2.36. The third-order valence-electron chi connectivity index (χ3n) is 1.08. The molecule has 0 atom stereocenters. The quantitative estimate of drug-likeness (QED) is 0.404. The normalized spacial score (nSPS) is 19.0. The van der Waals surface area contributed by atoms with Crippen molar-refractivity contribution in [2.24, 2.45) is 0 Å². The molecule has 4 heteroatoms. The van der Waals surface area contributed by atoms with E-state index in [-0.39, 0.29) is 6.54 Å². The van der Waals surface area contributed by atoms with Gasteiger partial charge < -0.3 is 15.6 Å². The first-order chi connectivity index (χ1) is 4.29. The van der Waals surface area contributed by atoms with Crippen LogP contribution in [0.1, 0.15) is 0 Å². The lowest BCUT2D eigenvalue weighted by atomic mass is 10.5. The summed E-state index contributed by atoms with van der Waals surface area (Å²) in [5.41, 5.74) is 2.82. The maximum absolute atomic E-state index is 8.46. The molecular formula is C5H10N2O2. The van der Waals surface area contributed by atoms with Crippen LogP contribution in [-0.2, 0) is 0 Å². The summed E-state index contributed by atoms with van der Waals surface area (Å²) in [4.78, 5) is 0. The second-order valence-electron chi connectivity index (χ2n) is 1.92. The van der Waals surface area contributed by atoms with E-state index >= 15 is 0 Å². The molecule has 0 spiro atoms. The summed E-state index contributed by atoms with van der Waals surface area (Å²) in [6, 6.07) is 0. The molecule has 9 heavy (non-hydrogen) atoms. The van der Waals surface area contributed by atoms with Crippen molar-refractivity contribution in [2.75, 3.05) is 13.1 Å². The summed E-state index contributed by atoms with van der Waals surface area (Å²) < 4.78 is 0. The number of aliphatic hydroxyl groups is 2. The second-order valence-corrected chi connectivity index (χ2v) is 1.92. The van der Waals surface area contributed by atoms with Crippen molar-refractivity contribution >= 4 is 0 Å². The molecule has 52 valence electrons. The Bertz CT molecular complexity index is 106. The van der Waals surface area contributed by atoms with Gasteiger partial charge in [-0.25, -0.2) is 5.01 Å². The molecule has 0 aromatic rings. The molecular weight excluding hydrogens is 120 g/mol. The van der Waals surface area contributed by atoms with E-state index in [0.29, 0.717) is 0 Å². The fraction of sp³-hybridized carbons (Fsp3) is 0.600. The summed E-state index contributed by atoms with van der Waals surface area (Å²) in [6.07, 6.45) is 2.42. The van der Waals surface area contributed by atoms with Crippen molar-refractivity contribution in [3.05, 3.63) is 12.3 Å². The lowest BCUT2D eigenvalue weighted by Gasteiger charge is -2.15. The van der Waals surface area contributed by atoms with E-state index in [0.717, 1.165) is 6.54 Å². The average molecular weight is 130 g/mol. The molecule has 1 heterocycles. The maximum atomic E-state index is 8.46. The van der Waals surface area contributed by atoms with Crippen molar-refractivity contribution in [1.29, 1.82) is 0 Å². The van der Waals surface area contributed by atoms with Crippen molar-refractivity contribution < 1.29 is 10.2 Å². The van der Waals surface area contributed by atoms with Gasteiger partial charge >= 0.3 is 0 Å². The van der Waals surface area contributed by atoms with Gasteiger partial charge in [0, 0.05) is 12.7 Å². The molecule has 3 N–H and O–H groups in total. The van der Waals surface area contributed by atoms with Gasteiger partial charge in [0.15, 0.2) is 6.29 Å². The van der Waals surface area contributed by atoms with Gasteiger partial charge in [0.1, 0.15) is 0 Å². The van der Waals surface area contributed by atoms with E-state index in [2.05, 4.69) is 5.43 Å². The molecule has 0 amide bonds. The fourth-order valence-electron chi connectivity index (χ4n) is 0.715. The van der Waals surface area contributed by atoms with Gasteiger partial charge in [0.25, 0.3) is 0 Å². The molecule has 0 fully saturated rings. The smallest absolute Gasteiger partial charge is 0.166 e. The van der Waals surface area contributed by atoms with Crippen LogP contribution in [0.15, 0.2) is 12.3 Å². The molecule has 0 aromatic heterocycles. The SMILES string of the molecule is OC(O)CN1CC=CN1. The molecule has 0 aromatic carbocycles. The predicted octanol–water partition coefficient (Wildman–Crippen LogP) is -1.37. The predicted molar refractivity (Wildman–Crippen MR) is 32.1 cm³/mol. The van der Waals surface area contributed by atoms with Gasteiger partial charge in [-0.15, -0.1) is 0 Å². The van der Waals surface area contributed by atoms with E-state index in [1.165, 1.54) is 0 Å². The van der Waals surface area contributed by atoms with Gasteiger partial charge in [0.2, 0.25) is 0 Å². The van der Waals surface area contributed by atoms with Crippen LogP contribution in [0, 0.1) is 0 Å². The minimum absolute atomic E-state index is 0.243. The zero-order valence-corrected chi connectivity index (χ0v) is 4.99. The van der Waals surface area contributed by atoms with Crippen LogP contribution in [0.4, 0.5) is 0 Å². The highest BCUT2D eigenvalue weighted by atomic mass is 16.5. The van der Waals surface area contributed by atoms with Crippen molar-refractivity contribution in [1.82, 2.24) is 10.4 Å². The number of hydrogen-bond donors (Lipinski definition) is 3. The Morgan fingerprint density at radius 1 is 1.67 bits per heavy atom. The second kappa shape index (κ2) is 2.82. The maximum Gasteiger partial charge on any atom is 0.166 e. The van der Waals surface area contributed by atoms with Crippen LogP contribution in [0.5, 0.6) is 0 Å². The number of nitrogens with one attached hydrogen (secondary N) is 1. The molecule has 4 nitrogen and oxygen atoms in total. The standard InChI is InChI=1S/C5H10N2O2/c8-5(9)4-7-3-1-2-6-7/h1-2,5-6,8-9H,3-4H2. The van der Waals surface area contributed by atoms with E-state index in [1.54, 1.807) is 11.2 Å². The minimum atomic E-state index is -1.25. The van der Waals surface area contributed by atoms with Gasteiger partial charge in [-0.3, -0.25) is 0 Å². The van der Waals surface area contributed by atoms with Crippen molar-refractivity contribution in [3.8, 4) is 0 Å². The summed E-state index contributed by atoms with van der Waals surface area (Å²) in [7, 11) is 0. The summed E-state index contributed by atoms with van der Waals surface area (Å²) in [6.45, 7) is 0.977. The molecule has 0 unspecified atom stereocenters. The first kappa shape index (κ1) is 6.54. The van der Waals surface area contributed by atoms with Crippen LogP contribution in [0.3, 0.4) is 0 Å². The molecule has 1 rings (SSSR count). The molecule has 0 bridgehead atoms. The fourth-order valence-corrected chi connectivity index (χ4v) is 0.715. The first-order valence-corrected chi connectivity index (χ1v) is 2.81. The van der Waals surface area contributed by atoms with E-state index in [4.69, 9.17) is 10.2 Å². The van der Waals surface area contributed by atoms with Crippen molar-refractivity contribution in [2.45, 2.75) is 6.29 Å². The lowest BCUT2D eigenvalue weighted by molar-refractivity contribution is -0.0636. The molecule has 0 radical (unpaired) electrons. The van der Waals surface area contributed by atoms with E-state index in [9.17, 15) is 0 Å². The van der Waals surface area contributed by atoms with Gasteiger partial charge in [-0.2, -0.15) is 0 Å². The molecule has 0 aliphatic carbocycles. The zero-order chi connectivity index (χ0) is 6.69. The summed E-state index contributed by atoms with van der Waals surface area (Å²) >= 11 is 0. The molecule has 0 saturated carbocycles. The Labute approximate surface area is 53.4 Å². The number of nitrogens with zero attached hydrogens (tertiary/aromatic N) is 1. The number of aliphatic hydroxyl groups excluding tert-OH is 1. The Morgan fingerprint density at radius 3 is 2.89 bits per heavy atom. The van der Waals surface area contributed by atoms with Gasteiger partial charge in [-0.1, -0.05) is 6.08 Å². The van der Waals surface area contributed by atoms with Crippen LogP contribution in [0.25, 0.3) is 0 Å². The van der Waals surface area contributed by atoms with E-state index < -0.39 is 6.29 Å². The topological polar surface area (TPSA) is 55.7 Å². The Morgan fingerprint density at radius 2 is 2.44 bits per heavy atom. The number of hydrogen-bond acceptors (Lipinski definition) is 4. The van der Waals surface area contributed by atoms with Crippen LogP contribution in [-0.4, -0.2) is 34.6 Å². The monoisotopic (exact) mass is 130 g/mol. The molecule has 1 aliphatic heterocycles. The minimum Gasteiger partial charge on any atom is -0.367 e. The Kier molecular flexibility index (Phi) is 2.05. The Balaban J connectivity index is 2.14. The first-order valence-electron chi connectivity index (χ1n) is 2.81. The zero-order valence-electron chi connectivity index (χ0n) is 4.99. The van der Waals surface area contributed by atoms with Gasteiger partial charge in [0.05, 0.1) is 6.54 Å². The van der Waals surface area contributed by atoms with E-state index in [1.807, 2.05) is 6.08 Å². The third kappa shape index (κ3) is 2.01. The largest absolute Gasteiger partial charge is 0.367 e. The number of rotatable bonds is 2. The average Bonchev–Trinajstić information content (AvgIpc) is 2.15. The van der Waals surface area contributed by atoms with Crippen LogP contribution in [0.2, 0.25) is 0 Å². The van der Waals surface area contributed by atoms with Gasteiger partial charge in [-0.05, 0) is 0 Å². The summed E-state index contributed by atoms with van der Waals surface area (Å²) in [5.74, 6) is 0. The van der Waals surface area contributed by atoms with Crippen LogP contribution < -0.4 is 5.43 Å². The molecule has 0 saturated heterocycles. The van der Waals surface area contributed by atoms with Crippen LogP contribution >= 0.6 is 0 Å². The van der Waals surface area contributed by atoms with Crippen molar-refractivity contribution in [3.63, 3.8) is 0 Å². The number of β-amino-alcohol motifs (C(OH)–C–C–N with tert-alkyl or cyclic N) is 2. The highest BCUT2D eigenvalue weighted by Crippen LogP contribution is 1.91. The highest BCUT2D eigenvalue weighted by Gasteiger charge is 2.07. The molecule has 1 aliphatic rings. The third-order valence-corrected chi connectivity index (χ3v) is 1.08. The number of hydrazine groups is 1. The summed E-state index contributed by atoms with van der Waals surface area (Å²) in [5, 5.41) is 18.6. The Hall–Kier alpha value is -0.580. The highest BCUT2D eigenvalue weighted by molar-refractivity contribution is 4.88.